The number of benzene rings is 1. The number of pyridine rings is 1. The Morgan fingerprint density at radius 1 is 1.32 bits per heavy atom. The molecule has 0 saturated heterocycles. The molecule has 92 valence electrons. The molecule has 5 heteroatoms. The first-order valence-electron chi connectivity index (χ1n) is 5.81. The number of nitrogens with two attached hydrogens (primary N) is 1. The molecular formula is C14H11N5. The molecule has 0 radical (unpaired) electrons. The standard InChI is InChI=1S/C14H11N5/c1-9-6-13(18-12-5-3-2-4-11(9)12)19-14(16)10(7-15)8-17-19/h2-6,8H,16H2,1H3. The maximum absolute atomic E-state index is 8.90. The smallest absolute Gasteiger partial charge is 0.156 e. The molecule has 0 spiro atoms. The second-order valence-corrected chi connectivity index (χ2v) is 4.28. The van der Waals surface area contributed by atoms with Gasteiger partial charge >= 0.3 is 0 Å². The summed E-state index contributed by atoms with van der Waals surface area (Å²) in [5.74, 6) is 0.930. The molecule has 0 atom stereocenters. The number of hydrogen-bond donors (Lipinski definition) is 1. The Balaban J connectivity index is 2.26. The number of nitriles is 1. The van der Waals surface area contributed by atoms with E-state index in [9.17, 15) is 0 Å². The van der Waals surface area contributed by atoms with Gasteiger partial charge in [0, 0.05) is 5.39 Å². The van der Waals surface area contributed by atoms with Crippen molar-refractivity contribution in [2.45, 2.75) is 6.92 Å². The highest BCUT2D eigenvalue weighted by Gasteiger charge is 2.11. The first-order valence-corrected chi connectivity index (χ1v) is 5.81. The van der Waals surface area contributed by atoms with E-state index in [1.165, 1.54) is 10.9 Å². The average Bonchev–Trinajstić information content (AvgIpc) is 2.80. The van der Waals surface area contributed by atoms with Crippen molar-refractivity contribution in [1.82, 2.24) is 14.8 Å². The van der Waals surface area contributed by atoms with Gasteiger partial charge in [0.2, 0.25) is 0 Å². The van der Waals surface area contributed by atoms with E-state index < -0.39 is 0 Å². The monoisotopic (exact) mass is 249 g/mol. The highest BCUT2D eigenvalue weighted by Crippen LogP contribution is 2.21. The Kier molecular flexibility index (Phi) is 2.43. The lowest BCUT2D eigenvalue weighted by Gasteiger charge is -2.07. The van der Waals surface area contributed by atoms with E-state index >= 15 is 0 Å². The van der Waals surface area contributed by atoms with Crippen molar-refractivity contribution in [2.75, 3.05) is 5.73 Å². The van der Waals surface area contributed by atoms with Gasteiger partial charge in [0.25, 0.3) is 0 Å². The third-order valence-electron chi connectivity index (χ3n) is 3.05. The van der Waals surface area contributed by atoms with Gasteiger partial charge < -0.3 is 5.73 Å². The Morgan fingerprint density at radius 2 is 2.11 bits per heavy atom. The summed E-state index contributed by atoms with van der Waals surface area (Å²) in [5, 5.41) is 14.1. The molecule has 0 aliphatic heterocycles. The van der Waals surface area contributed by atoms with E-state index in [0.717, 1.165) is 16.5 Å². The lowest BCUT2D eigenvalue weighted by atomic mass is 10.1. The Hall–Kier alpha value is -2.87. The fourth-order valence-electron chi connectivity index (χ4n) is 2.07. The van der Waals surface area contributed by atoms with Crippen LogP contribution in [0.3, 0.4) is 0 Å². The first kappa shape index (κ1) is 11.2. The SMILES string of the molecule is Cc1cc(-n2ncc(C#N)c2N)nc2ccccc12. The third kappa shape index (κ3) is 1.70. The topological polar surface area (TPSA) is 80.5 Å². The van der Waals surface area contributed by atoms with E-state index in [2.05, 4.69) is 10.1 Å². The van der Waals surface area contributed by atoms with Crippen LogP contribution in [0, 0.1) is 18.3 Å². The Morgan fingerprint density at radius 3 is 2.84 bits per heavy atom. The van der Waals surface area contributed by atoms with Crippen LogP contribution < -0.4 is 5.73 Å². The normalized spacial score (nSPS) is 10.5. The molecule has 5 nitrogen and oxygen atoms in total. The van der Waals surface area contributed by atoms with Gasteiger partial charge in [-0.25, -0.2) is 4.98 Å². The minimum absolute atomic E-state index is 0.310. The van der Waals surface area contributed by atoms with Crippen LogP contribution >= 0.6 is 0 Å². The number of aryl methyl sites for hydroxylation is 1. The first-order chi connectivity index (χ1) is 9.20. The van der Waals surface area contributed by atoms with Crippen LogP contribution in [0.5, 0.6) is 0 Å². The Bertz CT molecular complexity index is 810. The summed E-state index contributed by atoms with van der Waals surface area (Å²) in [6.45, 7) is 2.01. The molecular weight excluding hydrogens is 238 g/mol. The number of para-hydroxylation sites is 1. The maximum atomic E-state index is 8.90. The number of hydrogen-bond acceptors (Lipinski definition) is 4. The van der Waals surface area contributed by atoms with E-state index in [0.29, 0.717) is 17.2 Å². The highest BCUT2D eigenvalue weighted by molar-refractivity contribution is 5.83. The second-order valence-electron chi connectivity index (χ2n) is 4.28. The number of aromatic nitrogens is 3. The van der Waals surface area contributed by atoms with Crippen LogP contribution in [0.2, 0.25) is 0 Å². The number of rotatable bonds is 1. The summed E-state index contributed by atoms with van der Waals surface area (Å²) in [7, 11) is 0. The summed E-state index contributed by atoms with van der Waals surface area (Å²) in [6, 6.07) is 11.8. The Labute approximate surface area is 109 Å². The molecule has 0 aliphatic rings. The summed E-state index contributed by atoms with van der Waals surface area (Å²) in [6.07, 6.45) is 1.45. The minimum Gasteiger partial charge on any atom is -0.382 e. The van der Waals surface area contributed by atoms with Crippen molar-refractivity contribution >= 4 is 16.7 Å². The second kappa shape index (κ2) is 4.10. The molecule has 2 N–H and O–H groups in total. The molecule has 0 aliphatic carbocycles. The predicted molar refractivity (Wildman–Crippen MR) is 72.7 cm³/mol. The van der Waals surface area contributed by atoms with E-state index in [1.54, 1.807) is 0 Å². The summed E-state index contributed by atoms with van der Waals surface area (Å²) < 4.78 is 1.48. The molecule has 2 heterocycles. The van der Waals surface area contributed by atoms with Gasteiger partial charge in [0.1, 0.15) is 17.5 Å². The number of nitrogen functional groups attached to an aromatic ring is 1. The quantitative estimate of drug-likeness (QED) is 0.716. The van der Waals surface area contributed by atoms with Crippen molar-refractivity contribution in [3.05, 3.63) is 47.7 Å². The summed E-state index contributed by atoms with van der Waals surface area (Å²) in [5.41, 5.74) is 8.20. The van der Waals surface area contributed by atoms with Gasteiger partial charge in [-0.15, -0.1) is 0 Å². The van der Waals surface area contributed by atoms with E-state index in [-0.39, 0.29) is 0 Å². The molecule has 2 aromatic heterocycles. The fourth-order valence-corrected chi connectivity index (χ4v) is 2.07. The third-order valence-corrected chi connectivity index (χ3v) is 3.05. The lowest BCUT2D eigenvalue weighted by Crippen LogP contribution is -2.05. The predicted octanol–water partition coefficient (Wildman–Crippen LogP) is 2.18. The van der Waals surface area contributed by atoms with Crippen LogP contribution in [0.4, 0.5) is 5.82 Å². The zero-order valence-corrected chi connectivity index (χ0v) is 10.3. The van der Waals surface area contributed by atoms with Crippen molar-refractivity contribution in [2.24, 2.45) is 0 Å². The molecule has 3 rings (SSSR count). The molecule has 0 unspecified atom stereocenters. The van der Waals surface area contributed by atoms with Crippen LogP contribution in [0.1, 0.15) is 11.1 Å². The van der Waals surface area contributed by atoms with Gasteiger partial charge in [-0.2, -0.15) is 15.0 Å². The zero-order chi connectivity index (χ0) is 13.4. The molecule has 1 aromatic carbocycles. The van der Waals surface area contributed by atoms with E-state index in [4.69, 9.17) is 11.0 Å². The molecule has 0 saturated carbocycles. The molecule has 0 amide bonds. The highest BCUT2D eigenvalue weighted by atomic mass is 15.3. The molecule has 0 fully saturated rings. The molecule has 0 bridgehead atoms. The summed E-state index contributed by atoms with van der Waals surface area (Å²) >= 11 is 0. The van der Waals surface area contributed by atoms with Crippen molar-refractivity contribution in [3.63, 3.8) is 0 Å². The van der Waals surface area contributed by atoms with Gasteiger partial charge in [-0.3, -0.25) is 0 Å². The number of anilines is 1. The van der Waals surface area contributed by atoms with E-state index in [1.807, 2.05) is 43.3 Å². The van der Waals surface area contributed by atoms with Crippen molar-refractivity contribution in [1.29, 1.82) is 5.26 Å². The summed E-state index contributed by atoms with van der Waals surface area (Å²) in [4.78, 5) is 4.53. The fraction of sp³-hybridized carbons (Fsp3) is 0.0714. The van der Waals surface area contributed by atoms with Gasteiger partial charge in [-0.05, 0) is 24.6 Å². The largest absolute Gasteiger partial charge is 0.382 e. The molecule has 19 heavy (non-hydrogen) atoms. The number of nitrogens with zero attached hydrogens (tertiary/aromatic N) is 4. The van der Waals surface area contributed by atoms with Crippen molar-refractivity contribution in [3.8, 4) is 11.9 Å². The van der Waals surface area contributed by atoms with Gasteiger partial charge in [0.05, 0.1) is 11.7 Å². The van der Waals surface area contributed by atoms with Gasteiger partial charge in [0.15, 0.2) is 5.82 Å². The number of fused-ring (bicyclic) bond motifs is 1. The zero-order valence-electron chi connectivity index (χ0n) is 10.3. The van der Waals surface area contributed by atoms with Crippen LogP contribution in [-0.2, 0) is 0 Å². The van der Waals surface area contributed by atoms with Crippen LogP contribution in [0.15, 0.2) is 36.5 Å². The van der Waals surface area contributed by atoms with Gasteiger partial charge in [-0.1, -0.05) is 18.2 Å². The maximum Gasteiger partial charge on any atom is 0.156 e. The van der Waals surface area contributed by atoms with Crippen LogP contribution in [-0.4, -0.2) is 14.8 Å². The van der Waals surface area contributed by atoms with Crippen molar-refractivity contribution < 1.29 is 0 Å². The average molecular weight is 249 g/mol. The molecule has 3 aromatic rings. The lowest BCUT2D eigenvalue weighted by molar-refractivity contribution is 0.861. The van der Waals surface area contributed by atoms with Crippen LogP contribution in [0.25, 0.3) is 16.7 Å². The minimum atomic E-state index is 0.310.